The quantitative estimate of drug-likeness (QED) is 0.164. The Hall–Kier alpha value is -9.50. The van der Waals surface area contributed by atoms with Gasteiger partial charge < -0.3 is 9.80 Å². The van der Waals surface area contributed by atoms with Crippen LogP contribution in [-0.4, -0.2) is 0 Å². The van der Waals surface area contributed by atoms with Gasteiger partial charge in [0, 0.05) is 34.0 Å². The van der Waals surface area contributed by atoms with Gasteiger partial charge in [-0.25, -0.2) is 0 Å². The number of anilines is 6. The Morgan fingerprint density at radius 2 is 0.622 bits per heavy atom. The van der Waals surface area contributed by atoms with Crippen LogP contribution in [0.3, 0.4) is 0 Å². The highest BCUT2D eigenvalue weighted by Crippen LogP contribution is 2.68. The zero-order chi connectivity index (χ0) is 48.5. The molecule has 0 radical (unpaired) electrons. The van der Waals surface area contributed by atoms with Crippen molar-refractivity contribution in [1.29, 1.82) is 0 Å². The molecule has 0 aromatic heterocycles. The zero-order valence-electron chi connectivity index (χ0n) is 40.5. The summed E-state index contributed by atoms with van der Waals surface area (Å²) in [6.45, 7) is 0. The summed E-state index contributed by atoms with van der Waals surface area (Å²) in [6.07, 6.45) is 0. The van der Waals surface area contributed by atoms with Gasteiger partial charge in [0.25, 0.3) is 0 Å². The van der Waals surface area contributed by atoms with E-state index in [1.54, 1.807) is 0 Å². The standard InChI is InChI=1S/C72H46N2/c1-4-23-48(24-5-1)73(52-40-42-58-56-32-14-19-37-63(56)71(67(58)46-52)61-35-17-12-30-54(61)55-31-13-18-36-62(55)71)51-41-43-66-60(45-51)57-33-15-20-38-64(57)72(66)65-39-21-16-34-59(65)69-53-29-11-10-22-47(53)44-68(70(69)72)74(49-25-6-2-7-26-49)50-27-8-3-9-28-50/h1-46H. The lowest BCUT2D eigenvalue weighted by molar-refractivity contribution is 0.793. The first-order chi connectivity index (χ1) is 36.7. The number of benzene rings is 12. The fourth-order valence-corrected chi connectivity index (χ4v) is 14.1. The Balaban J connectivity index is 0.959. The molecule has 12 aromatic rings. The van der Waals surface area contributed by atoms with E-state index in [-0.39, 0.29) is 0 Å². The molecule has 2 nitrogen and oxygen atoms in total. The Morgan fingerprint density at radius 3 is 1.19 bits per heavy atom. The van der Waals surface area contributed by atoms with E-state index in [1.807, 2.05) is 0 Å². The number of rotatable bonds is 6. The van der Waals surface area contributed by atoms with Crippen molar-refractivity contribution in [3.8, 4) is 44.5 Å². The number of fused-ring (bicyclic) bond motifs is 22. The second-order valence-electron chi connectivity index (χ2n) is 20.2. The van der Waals surface area contributed by atoms with E-state index >= 15 is 0 Å². The summed E-state index contributed by atoms with van der Waals surface area (Å²) in [5.41, 5.74) is 26.5. The average molecular weight is 939 g/mol. The van der Waals surface area contributed by atoms with E-state index in [2.05, 4.69) is 289 Å². The van der Waals surface area contributed by atoms with Crippen molar-refractivity contribution >= 4 is 44.9 Å². The minimum absolute atomic E-state index is 0.459. The molecule has 0 fully saturated rings. The van der Waals surface area contributed by atoms with Crippen LogP contribution in [0, 0.1) is 0 Å². The van der Waals surface area contributed by atoms with E-state index < -0.39 is 10.8 Å². The molecule has 16 rings (SSSR count). The SMILES string of the molecule is c1ccc(N(c2ccc3c(c2)-c2ccccc2C32c3ccccc3-c3c2c(N(c2ccccc2)c2ccccc2)cc2ccccc32)c2ccc3c(c2)C2(c4ccccc4-c4ccccc42)c2ccccc2-3)cc1. The smallest absolute Gasteiger partial charge is 0.0746 e. The second kappa shape index (κ2) is 15.5. The second-order valence-corrected chi connectivity index (χ2v) is 20.2. The molecule has 0 heterocycles. The van der Waals surface area contributed by atoms with Crippen molar-refractivity contribution in [2.45, 2.75) is 10.8 Å². The van der Waals surface area contributed by atoms with Crippen LogP contribution in [0.25, 0.3) is 55.3 Å². The molecule has 4 aliphatic carbocycles. The van der Waals surface area contributed by atoms with Crippen LogP contribution in [0.5, 0.6) is 0 Å². The van der Waals surface area contributed by atoms with Crippen molar-refractivity contribution in [2.24, 2.45) is 0 Å². The fraction of sp³-hybridized carbons (Fsp3) is 0.0278. The lowest BCUT2D eigenvalue weighted by Gasteiger charge is -2.36. The van der Waals surface area contributed by atoms with Crippen LogP contribution < -0.4 is 9.80 Å². The number of hydrogen-bond donors (Lipinski definition) is 0. The van der Waals surface area contributed by atoms with Crippen LogP contribution in [0.2, 0.25) is 0 Å². The van der Waals surface area contributed by atoms with Crippen molar-refractivity contribution < 1.29 is 0 Å². The van der Waals surface area contributed by atoms with Gasteiger partial charge in [-0.05, 0) is 161 Å². The van der Waals surface area contributed by atoms with Gasteiger partial charge in [-0.3, -0.25) is 0 Å². The molecular formula is C72H46N2. The van der Waals surface area contributed by atoms with Gasteiger partial charge in [0.05, 0.1) is 16.5 Å². The van der Waals surface area contributed by atoms with E-state index in [0.29, 0.717) is 0 Å². The van der Waals surface area contributed by atoms with Crippen molar-refractivity contribution in [3.63, 3.8) is 0 Å². The lowest BCUT2D eigenvalue weighted by atomic mass is 9.69. The average Bonchev–Trinajstić information content (AvgIpc) is 4.18. The van der Waals surface area contributed by atoms with Gasteiger partial charge >= 0.3 is 0 Å². The third-order valence-corrected chi connectivity index (χ3v) is 16.8. The lowest BCUT2D eigenvalue weighted by Crippen LogP contribution is -2.28. The van der Waals surface area contributed by atoms with E-state index in [0.717, 1.165) is 28.4 Å². The third kappa shape index (κ3) is 5.33. The third-order valence-electron chi connectivity index (χ3n) is 16.8. The molecule has 344 valence electrons. The molecule has 4 aliphatic rings. The molecule has 0 bridgehead atoms. The summed E-state index contributed by atoms with van der Waals surface area (Å²) < 4.78 is 0. The molecule has 0 N–H and O–H groups in total. The predicted molar refractivity (Wildman–Crippen MR) is 306 cm³/mol. The largest absolute Gasteiger partial charge is 0.310 e. The molecule has 0 saturated carbocycles. The van der Waals surface area contributed by atoms with E-state index in [4.69, 9.17) is 0 Å². The summed E-state index contributed by atoms with van der Waals surface area (Å²) in [5.74, 6) is 0. The normalized spacial score (nSPS) is 15.2. The maximum atomic E-state index is 2.51. The van der Waals surface area contributed by atoms with Crippen LogP contribution >= 0.6 is 0 Å². The van der Waals surface area contributed by atoms with Crippen LogP contribution in [-0.2, 0) is 10.8 Å². The molecule has 0 saturated heterocycles. The van der Waals surface area contributed by atoms with Gasteiger partial charge in [-0.15, -0.1) is 0 Å². The molecule has 1 atom stereocenters. The summed E-state index contributed by atoms with van der Waals surface area (Å²) in [6, 6.07) is 105. The first kappa shape index (κ1) is 41.2. The first-order valence-corrected chi connectivity index (χ1v) is 25.8. The Bertz CT molecular complexity index is 4170. The Morgan fingerprint density at radius 1 is 0.230 bits per heavy atom. The van der Waals surface area contributed by atoms with Crippen LogP contribution in [0.4, 0.5) is 34.1 Å². The molecular weight excluding hydrogens is 893 g/mol. The molecule has 74 heavy (non-hydrogen) atoms. The highest BCUT2D eigenvalue weighted by molar-refractivity contribution is 6.11. The van der Waals surface area contributed by atoms with Gasteiger partial charge in [-0.2, -0.15) is 0 Å². The molecule has 0 aliphatic heterocycles. The van der Waals surface area contributed by atoms with Crippen LogP contribution in [0.1, 0.15) is 44.5 Å². The number of hydrogen-bond acceptors (Lipinski definition) is 2. The molecule has 0 amide bonds. The zero-order valence-corrected chi connectivity index (χ0v) is 40.5. The molecule has 2 heteroatoms. The molecule has 12 aromatic carbocycles. The topological polar surface area (TPSA) is 6.48 Å². The number of nitrogens with zero attached hydrogens (tertiary/aromatic N) is 2. The summed E-state index contributed by atoms with van der Waals surface area (Å²) in [4.78, 5) is 4.98. The van der Waals surface area contributed by atoms with Gasteiger partial charge in [0.15, 0.2) is 0 Å². The van der Waals surface area contributed by atoms with Crippen LogP contribution in [0.15, 0.2) is 279 Å². The maximum Gasteiger partial charge on any atom is 0.0746 e. The maximum absolute atomic E-state index is 2.51. The minimum Gasteiger partial charge on any atom is -0.310 e. The Kier molecular flexibility index (Phi) is 8.62. The summed E-state index contributed by atoms with van der Waals surface area (Å²) >= 11 is 0. The Labute approximate surface area is 431 Å². The fourth-order valence-electron chi connectivity index (χ4n) is 14.1. The monoisotopic (exact) mass is 938 g/mol. The highest BCUT2D eigenvalue weighted by atomic mass is 15.2. The van der Waals surface area contributed by atoms with Gasteiger partial charge in [-0.1, -0.05) is 212 Å². The minimum atomic E-state index is -0.635. The summed E-state index contributed by atoms with van der Waals surface area (Å²) in [7, 11) is 0. The number of para-hydroxylation sites is 3. The van der Waals surface area contributed by atoms with E-state index in [9.17, 15) is 0 Å². The van der Waals surface area contributed by atoms with Gasteiger partial charge in [0.2, 0.25) is 0 Å². The first-order valence-electron chi connectivity index (χ1n) is 25.8. The molecule has 1 unspecified atom stereocenters. The molecule has 2 spiro atoms. The predicted octanol–water partition coefficient (Wildman–Crippen LogP) is 18.5. The van der Waals surface area contributed by atoms with Crippen molar-refractivity contribution in [3.05, 3.63) is 324 Å². The summed E-state index contributed by atoms with van der Waals surface area (Å²) in [5, 5.41) is 2.48. The van der Waals surface area contributed by atoms with E-state index in [1.165, 1.54) is 105 Å². The van der Waals surface area contributed by atoms with Crippen molar-refractivity contribution in [2.75, 3.05) is 9.80 Å². The highest BCUT2D eigenvalue weighted by Gasteiger charge is 2.55. The van der Waals surface area contributed by atoms with Crippen molar-refractivity contribution in [1.82, 2.24) is 0 Å². The van der Waals surface area contributed by atoms with Gasteiger partial charge in [0.1, 0.15) is 0 Å².